The maximum Gasteiger partial charge on any atom is 0.266 e. The molecule has 34 heavy (non-hydrogen) atoms. The molecule has 0 aliphatic heterocycles. The van der Waals surface area contributed by atoms with Gasteiger partial charge in [-0.15, -0.1) is 0 Å². The lowest BCUT2D eigenvalue weighted by Gasteiger charge is -2.62. The molecule has 1 unspecified atom stereocenters. The Morgan fingerprint density at radius 2 is 1.68 bits per heavy atom. The van der Waals surface area contributed by atoms with Crippen LogP contribution in [0.15, 0.2) is 0 Å². The highest BCUT2D eigenvalue weighted by Crippen LogP contribution is 2.68. The minimum atomic E-state index is -4.06. The van der Waals surface area contributed by atoms with E-state index in [1.165, 1.54) is 25.7 Å². The van der Waals surface area contributed by atoms with Crippen LogP contribution in [0, 0.1) is 46.3 Å². The fourth-order valence-electron chi connectivity index (χ4n) is 9.22. The third kappa shape index (κ3) is 4.94. The third-order valence-corrected chi connectivity index (χ3v) is 11.6. The van der Waals surface area contributed by atoms with Crippen LogP contribution < -0.4 is 5.32 Å². The van der Waals surface area contributed by atoms with Gasteiger partial charge in [-0.3, -0.25) is 9.35 Å². The molecule has 8 heteroatoms. The SMILES string of the molecule is C[C@H](CCC(=O)NCCS(=O)(=O)O)[C@H]1CCC2[C@@H]3C[C@H](O)[C@@H]4C[C@H](O)CC[C@]4(C)[C@H]3CC[C@@]21C. The number of fused-ring (bicyclic) bond motifs is 5. The van der Waals surface area contributed by atoms with E-state index in [0.29, 0.717) is 36.0 Å². The van der Waals surface area contributed by atoms with Crippen molar-refractivity contribution in [3.63, 3.8) is 0 Å². The fraction of sp³-hybridized carbons (Fsp3) is 0.962. The first kappa shape index (κ1) is 26.4. The van der Waals surface area contributed by atoms with E-state index in [2.05, 4.69) is 26.1 Å². The van der Waals surface area contributed by atoms with Crippen LogP contribution in [0.25, 0.3) is 0 Å². The first-order chi connectivity index (χ1) is 15.8. The van der Waals surface area contributed by atoms with Crippen molar-refractivity contribution in [1.29, 1.82) is 0 Å². The summed E-state index contributed by atoms with van der Waals surface area (Å²) in [5.74, 6) is 2.36. The molecule has 196 valence electrons. The Morgan fingerprint density at radius 3 is 2.38 bits per heavy atom. The molecule has 0 aromatic rings. The molecule has 4 aliphatic carbocycles. The number of carbonyl (C=O) groups excluding carboxylic acids is 1. The Labute approximate surface area is 205 Å². The zero-order valence-electron chi connectivity index (χ0n) is 21.1. The first-order valence-corrected chi connectivity index (χ1v) is 15.0. The van der Waals surface area contributed by atoms with Crippen molar-refractivity contribution < 1.29 is 28.0 Å². The number of rotatable bonds is 7. The Kier molecular flexibility index (Phi) is 7.47. The van der Waals surface area contributed by atoms with Gasteiger partial charge >= 0.3 is 0 Å². The molecule has 4 aliphatic rings. The van der Waals surface area contributed by atoms with E-state index in [9.17, 15) is 23.4 Å². The highest BCUT2D eigenvalue weighted by Gasteiger charge is 2.62. The predicted molar refractivity (Wildman–Crippen MR) is 130 cm³/mol. The Morgan fingerprint density at radius 1 is 1.00 bits per heavy atom. The average molecular weight is 500 g/mol. The summed E-state index contributed by atoms with van der Waals surface area (Å²) in [6.07, 6.45) is 8.84. The molecule has 0 saturated heterocycles. The first-order valence-electron chi connectivity index (χ1n) is 13.4. The van der Waals surface area contributed by atoms with E-state index < -0.39 is 15.9 Å². The van der Waals surface area contributed by atoms with E-state index >= 15 is 0 Å². The molecule has 0 radical (unpaired) electrons. The van der Waals surface area contributed by atoms with Crippen molar-refractivity contribution in [2.24, 2.45) is 46.3 Å². The van der Waals surface area contributed by atoms with E-state index in [4.69, 9.17) is 4.55 Å². The molecule has 4 saturated carbocycles. The van der Waals surface area contributed by atoms with E-state index in [0.717, 1.165) is 32.1 Å². The third-order valence-electron chi connectivity index (χ3n) is 10.9. The Hall–Kier alpha value is -0.700. The van der Waals surface area contributed by atoms with Crippen molar-refractivity contribution in [2.45, 2.75) is 97.2 Å². The number of hydrogen-bond donors (Lipinski definition) is 4. The normalized spacial score (nSPS) is 45.1. The Balaban J connectivity index is 1.38. The number of hydrogen-bond acceptors (Lipinski definition) is 5. The zero-order chi connectivity index (χ0) is 24.9. The molecule has 10 atom stereocenters. The molecule has 7 nitrogen and oxygen atoms in total. The average Bonchev–Trinajstić information content (AvgIpc) is 3.10. The van der Waals surface area contributed by atoms with Gasteiger partial charge in [0.2, 0.25) is 5.91 Å². The number of aliphatic hydroxyl groups excluding tert-OH is 2. The number of amides is 1. The summed E-state index contributed by atoms with van der Waals surface area (Å²) in [4.78, 5) is 12.2. The molecule has 4 rings (SSSR count). The van der Waals surface area contributed by atoms with Gasteiger partial charge in [0.15, 0.2) is 0 Å². The summed E-state index contributed by atoms with van der Waals surface area (Å²) in [5, 5.41) is 24.0. The van der Waals surface area contributed by atoms with Crippen LogP contribution in [0.2, 0.25) is 0 Å². The summed E-state index contributed by atoms with van der Waals surface area (Å²) >= 11 is 0. The molecule has 4 N–H and O–H groups in total. The summed E-state index contributed by atoms with van der Waals surface area (Å²) in [6, 6.07) is 0. The van der Waals surface area contributed by atoms with Gasteiger partial charge in [0.1, 0.15) is 0 Å². The van der Waals surface area contributed by atoms with E-state index in [-0.39, 0.29) is 41.4 Å². The maximum atomic E-state index is 12.2. The molecule has 0 aromatic carbocycles. The minimum Gasteiger partial charge on any atom is -0.393 e. The molecule has 0 spiro atoms. The number of aliphatic hydroxyl groups is 2. The minimum absolute atomic E-state index is 0.0581. The molecule has 4 fully saturated rings. The van der Waals surface area contributed by atoms with Crippen LogP contribution >= 0.6 is 0 Å². The van der Waals surface area contributed by atoms with Gasteiger partial charge < -0.3 is 15.5 Å². The second-order valence-electron chi connectivity index (χ2n) is 12.6. The van der Waals surface area contributed by atoms with Crippen LogP contribution in [-0.2, 0) is 14.9 Å². The van der Waals surface area contributed by atoms with Crippen molar-refractivity contribution in [3.05, 3.63) is 0 Å². The molecule has 0 heterocycles. The lowest BCUT2D eigenvalue weighted by molar-refractivity contribution is -0.172. The highest BCUT2D eigenvalue weighted by molar-refractivity contribution is 7.85. The maximum absolute atomic E-state index is 12.2. The quantitative estimate of drug-likeness (QED) is 0.398. The monoisotopic (exact) mass is 499 g/mol. The number of nitrogens with one attached hydrogen (secondary N) is 1. The molecule has 0 bridgehead atoms. The van der Waals surface area contributed by atoms with Crippen molar-refractivity contribution in [2.75, 3.05) is 12.3 Å². The lowest BCUT2D eigenvalue weighted by Crippen LogP contribution is -2.58. The second kappa shape index (κ2) is 9.64. The van der Waals surface area contributed by atoms with Gasteiger partial charge in [0.25, 0.3) is 10.1 Å². The summed E-state index contributed by atoms with van der Waals surface area (Å²) < 4.78 is 30.5. The van der Waals surface area contributed by atoms with Crippen LogP contribution in [0.3, 0.4) is 0 Å². The fourth-order valence-corrected chi connectivity index (χ4v) is 9.58. The molecular weight excluding hydrogens is 454 g/mol. The van der Waals surface area contributed by atoms with Crippen LogP contribution in [0.1, 0.15) is 85.0 Å². The van der Waals surface area contributed by atoms with Gasteiger partial charge in [-0.25, -0.2) is 0 Å². The number of carbonyl (C=O) groups is 1. The standard InChI is InChI=1S/C26H45NO6S/c1-16(4-7-24(30)27-12-13-34(31,32)33)19-5-6-20-18-15-23(29)22-14-17(28)8-10-26(22,3)21(18)9-11-25(19,20)2/h16-23,28-29H,4-15H2,1-3H3,(H,27,30)(H,31,32,33)/t16-,17-,18+,19-,20?,21+,22+,23+,25-,26-/m1/s1. The van der Waals surface area contributed by atoms with Crippen LogP contribution in [0.5, 0.6) is 0 Å². The van der Waals surface area contributed by atoms with Gasteiger partial charge in [-0.05, 0) is 104 Å². The van der Waals surface area contributed by atoms with Crippen LogP contribution in [0.4, 0.5) is 0 Å². The van der Waals surface area contributed by atoms with Gasteiger partial charge in [0, 0.05) is 13.0 Å². The topological polar surface area (TPSA) is 124 Å². The molecule has 0 aromatic heterocycles. The Bertz CT molecular complexity index is 863. The van der Waals surface area contributed by atoms with E-state index in [1.807, 2.05) is 0 Å². The lowest BCUT2D eigenvalue weighted by atomic mass is 9.44. The van der Waals surface area contributed by atoms with Gasteiger partial charge in [-0.2, -0.15) is 8.42 Å². The second-order valence-corrected chi connectivity index (χ2v) is 14.2. The van der Waals surface area contributed by atoms with Gasteiger partial charge in [-0.1, -0.05) is 20.8 Å². The highest BCUT2D eigenvalue weighted by atomic mass is 32.2. The zero-order valence-corrected chi connectivity index (χ0v) is 21.9. The smallest absolute Gasteiger partial charge is 0.266 e. The van der Waals surface area contributed by atoms with Crippen molar-refractivity contribution in [1.82, 2.24) is 5.32 Å². The summed E-state index contributed by atoms with van der Waals surface area (Å²) in [6.45, 7) is 7.05. The van der Waals surface area contributed by atoms with Crippen molar-refractivity contribution >= 4 is 16.0 Å². The van der Waals surface area contributed by atoms with Gasteiger partial charge in [0.05, 0.1) is 18.0 Å². The summed E-state index contributed by atoms with van der Waals surface area (Å²) in [7, 11) is -4.06. The van der Waals surface area contributed by atoms with E-state index in [1.54, 1.807) is 0 Å². The molecular formula is C26H45NO6S. The molecule has 1 amide bonds. The van der Waals surface area contributed by atoms with Crippen LogP contribution in [-0.4, -0.2) is 53.6 Å². The largest absolute Gasteiger partial charge is 0.393 e. The van der Waals surface area contributed by atoms with Crippen molar-refractivity contribution in [3.8, 4) is 0 Å². The predicted octanol–water partition coefficient (Wildman–Crippen LogP) is 3.40. The summed E-state index contributed by atoms with van der Waals surface area (Å²) in [5.41, 5.74) is 0.367.